The van der Waals surface area contributed by atoms with Crippen LogP contribution in [0, 0.1) is 0 Å². The number of ether oxygens (including phenoxy) is 1. The van der Waals surface area contributed by atoms with Crippen molar-refractivity contribution in [3.63, 3.8) is 0 Å². The minimum atomic E-state index is -3.54. The fraction of sp³-hybridized carbons (Fsp3) is 0.538. The molecule has 2 heterocycles. The monoisotopic (exact) mass is 346 g/mol. The summed E-state index contributed by atoms with van der Waals surface area (Å²) in [6.07, 6.45) is 1.37. The maximum atomic E-state index is 12.5. The molecule has 0 aliphatic carbocycles. The van der Waals surface area contributed by atoms with Crippen LogP contribution in [0.2, 0.25) is 0 Å². The third-order valence-corrected chi connectivity index (χ3v) is 6.67. The van der Waals surface area contributed by atoms with Crippen molar-refractivity contribution in [1.82, 2.24) is 9.62 Å². The molecule has 0 saturated carbocycles. The first-order valence-electron chi connectivity index (χ1n) is 6.97. The topological polar surface area (TPSA) is 92.8 Å². The first-order chi connectivity index (χ1) is 10.5. The summed E-state index contributed by atoms with van der Waals surface area (Å²) in [5.74, 6) is -1.80. The van der Waals surface area contributed by atoms with E-state index in [-0.39, 0.29) is 23.4 Å². The molecule has 1 aromatic heterocycles. The Morgan fingerprint density at radius 3 is 2.91 bits per heavy atom. The van der Waals surface area contributed by atoms with Crippen LogP contribution in [-0.2, 0) is 24.3 Å². The van der Waals surface area contributed by atoms with E-state index in [9.17, 15) is 18.0 Å². The molecule has 0 aromatic carbocycles. The first kappa shape index (κ1) is 16.9. The Morgan fingerprint density at radius 2 is 2.27 bits per heavy atom. The zero-order chi connectivity index (χ0) is 16.2. The van der Waals surface area contributed by atoms with Crippen molar-refractivity contribution in [1.29, 1.82) is 0 Å². The maximum Gasteiger partial charge on any atom is 0.396 e. The van der Waals surface area contributed by atoms with Crippen LogP contribution in [0.1, 0.15) is 19.8 Å². The Bertz CT molecular complexity index is 627. The van der Waals surface area contributed by atoms with Gasteiger partial charge in [-0.25, -0.2) is 13.2 Å². The number of nitrogens with one attached hydrogen (secondary N) is 1. The minimum Gasteiger partial charge on any atom is -0.459 e. The summed E-state index contributed by atoms with van der Waals surface area (Å²) in [5.41, 5.74) is 0. The van der Waals surface area contributed by atoms with Crippen LogP contribution >= 0.6 is 11.3 Å². The summed E-state index contributed by atoms with van der Waals surface area (Å²) in [5, 5.41) is 4.15. The van der Waals surface area contributed by atoms with Crippen LogP contribution in [0.25, 0.3) is 0 Å². The molecule has 1 saturated heterocycles. The van der Waals surface area contributed by atoms with Crippen LogP contribution in [-0.4, -0.2) is 50.3 Å². The predicted octanol–water partition coefficient (Wildman–Crippen LogP) is 0.581. The summed E-state index contributed by atoms with van der Waals surface area (Å²) in [7, 11) is -3.54. The fourth-order valence-corrected chi connectivity index (χ4v) is 5.15. The van der Waals surface area contributed by atoms with Gasteiger partial charge in [-0.1, -0.05) is 6.07 Å². The molecule has 1 aromatic rings. The third kappa shape index (κ3) is 3.65. The van der Waals surface area contributed by atoms with Crippen LogP contribution in [0.15, 0.2) is 21.7 Å². The van der Waals surface area contributed by atoms with Crippen LogP contribution in [0.4, 0.5) is 0 Å². The number of carbonyl (C=O) groups is 2. The van der Waals surface area contributed by atoms with Gasteiger partial charge in [-0.2, -0.15) is 4.31 Å². The highest BCUT2D eigenvalue weighted by Gasteiger charge is 2.36. The van der Waals surface area contributed by atoms with E-state index >= 15 is 0 Å². The van der Waals surface area contributed by atoms with Gasteiger partial charge < -0.3 is 10.1 Å². The van der Waals surface area contributed by atoms with Crippen molar-refractivity contribution in [2.45, 2.75) is 30.0 Å². The van der Waals surface area contributed by atoms with Crippen molar-refractivity contribution in [2.24, 2.45) is 0 Å². The number of nitrogens with zero attached hydrogens (tertiary/aromatic N) is 1. The SMILES string of the molecule is CCOC(=O)C(=O)NC[C@H]1CCCN1S(=O)(=O)c1cccs1. The lowest BCUT2D eigenvalue weighted by molar-refractivity contribution is -0.154. The Labute approximate surface area is 133 Å². The van der Waals surface area contributed by atoms with Gasteiger partial charge in [-0.3, -0.25) is 4.79 Å². The molecule has 1 aliphatic rings. The molecule has 122 valence electrons. The quantitative estimate of drug-likeness (QED) is 0.622. The molecule has 1 N–H and O–H groups in total. The Balaban J connectivity index is 2.00. The van der Waals surface area contributed by atoms with E-state index in [2.05, 4.69) is 10.1 Å². The smallest absolute Gasteiger partial charge is 0.396 e. The Hall–Kier alpha value is -1.45. The van der Waals surface area contributed by atoms with Gasteiger partial charge >= 0.3 is 11.9 Å². The first-order valence-corrected chi connectivity index (χ1v) is 9.29. The molecule has 0 radical (unpaired) electrons. The van der Waals surface area contributed by atoms with Gasteiger partial charge in [0.15, 0.2) is 0 Å². The fourth-order valence-electron chi connectivity index (χ4n) is 2.33. The lowest BCUT2D eigenvalue weighted by atomic mass is 10.2. The summed E-state index contributed by atoms with van der Waals surface area (Å²) >= 11 is 1.16. The van der Waals surface area contributed by atoms with E-state index in [0.29, 0.717) is 13.0 Å². The molecule has 1 aliphatic heterocycles. The molecule has 0 spiro atoms. The highest BCUT2D eigenvalue weighted by atomic mass is 32.2. The van der Waals surface area contributed by atoms with Crippen LogP contribution in [0.5, 0.6) is 0 Å². The summed E-state index contributed by atoms with van der Waals surface area (Å²) in [4.78, 5) is 22.8. The average molecular weight is 346 g/mol. The molecule has 1 amide bonds. The number of carbonyl (C=O) groups excluding carboxylic acids is 2. The number of hydrogen-bond acceptors (Lipinski definition) is 6. The van der Waals surface area contributed by atoms with Gasteiger partial charge in [0, 0.05) is 19.1 Å². The van der Waals surface area contributed by atoms with E-state index in [1.54, 1.807) is 24.4 Å². The van der Waals surface area contributed by atoms with Gasteiger partial charge in [-0.05, 0) is 31.2 Å². The number of amides is 1. The molecule has 0 unspecified atom stereocenters. The van der Waals surface area contributed by atoms with Gasteiger partial charge in [-0.15, -0.1) is 11.3 Å². The minimum absolute atomic E-state index is 0.0995. The van der Waals surface area contributed by atoms with Crippen molar-refractivity contribution < 1.29 is 22.7 Å². The van der Waals surface area contributed by atoms with E-state index < -0.39 is 21.9 Å². The molecular weight excluding hydrogens is 328 g/mol. The van der Waals surface area contributed by atoms with E-state index in [1.807, 2.05) is 0 Å². The van der Waals surface area contributed by atoms with Crippen molar-refractivity contribution in [2.75, 3.05) is 19.7 Å². The molecule has 22 heavy (non-hydrogen) atoms. The van der Waals surface area contributed by atoms with Gasteiger partial charge in [0.1, 0.15) is 4.21 Å². The molecule has 7 nitrogen and oxygen atoms in total. The van der Waals surface area contributed by atoms with Crippen molar-refractivity contribution in [3.05, 3.63) is 17.5 Å². The standard InChI is InChI=1S/C13H18N2O5S2/c1-2-20-13(17)12(16)14-9-10-5-3-7-15(10)22(18,19)11-6-4-8-21-11/h4,6,8,10H,2-3,5,7,9H2,1H3,(H,14,16)/t10-/m1/s1. The predicted molar refractivity (Wildman–Crippen MR) is 80.9 cm³/mol. The highest BCUT2D eigenvalue weighted by molar-refractivity contribution is 7.91. The van der Waals surface area contributed by atoms with E-state index in [1.165, 1.54) is 4.31 Å². The van der Waals surface area contributed by atoms with E-state index in [4.69, 9.17) is 0 Å². The number of thiophene rings is 1. The van der Waals surface area contributed by atoms with E-state index in [0.717, 1.165) is 17.8 Å². The number of esters is 1. The second-order valence-electron chi connectivity index (χ2n) is 4.77. The summed E-state index contributed by atoms with van der Waals surface area (Å²) in [6, 6.07) is 2.91. The van der Waals surface area contributed by atoms with Gasteiger partial charge in [0.2, 0.25) is 0 Å². The van der Waals surface area contributed by atoms with Crippen LogP contribution < -0.4 is 5.32 Å². The molecule has 1 fully saturated rings. The van der Waals surface area contributed by atoms with Crippen molar-refractivity contribution in [3.8, 4) is 0 Å². The lowest BCUT2D eigenvalue weighted by Gasteiger charge is -2.23. The maximum absolute atomic E-state index is 12.5. The number of sulfonamides is 1. The number of rotatable bonds is 5. The summed E-state index contributed by atoms with van der Waals surface area (Å²) < 4.78 is 31.3. The molecule has 1 atom stereocenters. The molecule has 9 heteroatoms. The normalized spacial score (nSPS) is 19.0. The Morgan fingerprint density at radius 1 is 1.50 bits per heavy atom. The molecule has 2 rings (SSSR count). The highest BCUT2D eigenvalue weighted by Crippen LogP contribution is 2.28. The second kappa shape index (κ2) is 7.21. The average Bonchev–Trinajstić information content (AvgIpc) is 3.16. The zero-order valence-electron chi connectivity index (χ0n) is 12.1. The van der Waals surface area contributed by atoms with Gasteiger partial charge in [0.25, 0.3) is 10.0 Å². The largest absolute Gasteiger partial charge is 0.459 e. The number of hydrogen-bond donors (Lipinski definition) is 1. The third-order valence-electron chi connectivity index (χ3n) is 3.34. The Kier molecular flexibility index (Phi) is 5.54. The van der Waals surface area contributed by atoms with Crippen LogP contribution in [0.3, 0.4) is 0 Å². The summed E-state index contributed by atoms with van der Waals surface area (Å²) in [6.45, 7) is 2.24. The molecule has 0 bridgehead atoms. The lowest BCUT2D eigenvalue weighted by Crippen LogP contribution is -2.44. The zero-order valence-corrected chi connectivity index (χ0v) is 13.8. The second-order valence-corrected chi connectivity index (χ2v) is 7.84. The molecular formula is C13H18N2O5S2. The van der Waals surface area contributed by atoms with Crippen molar-refractivity contribution >= 4 is 33.2 Å². The van der Waals surface area contributed by atoms with Gasteiger partial charge in [0.05, 0.1) is 6.61 Å².